The van der Waals surface area contributed by atoms with Gasteiger partial charge < -0.3 is 15.4 Å². The maximum absolute atomic E-state index is 12.7. The maximum atomic E-state index is 12.7. The molecule has 1 aromatic carbocycles. The summed E-state index contributed by atoms with van der Waals surface area (Å²) in [5, 5.41) is 5.50. The molecule has 6 nitrogen and oxygen atoms in total. The minimum atomic E-state index is -0.396. The average Bonchev–Trinajstić information content (AvgIpc) is 2.64. The van der Waals surface area contributed by atoms with Crippen LogP contribution in [0.15, 0.2) is 52.7 Å². The molecule has 0 aliphatic rings. The van der Waals surface area contributed by atoms with E-state index < -0.39 is 5.91 Å². The molecule has 7 heteroatoms. The number of halogens is 1. The molecule has 2 aromatic rings. The van der Waals surface area contributed by atoms with Crippen molar-refractivity contribution in [1.82, 2.24) is 4.98 Å². The van der Waals surface area contributed by atoms with E-state index in [9.17, 15) is 9.59 Å². The van der Waals surface area contributed by atoms with Crippen LogP contribution < -0.4 is 15.4 Å². The molecule has 0 radical (unpaired) electrons. The Morgan fingerprint density at radius 2 is 2.00 bits per heavy atom. The van der Waals surface area contributed by atoms with Gasteiger partial charge in [0, 0.05) is 16.2 Å². The zero-order chi connectivity index (χ0) is 19.1. The first-order valence-corrected chi connectivity index (χ1v) is 8.85. The van der Waals surface area contributed by atoms with Gasteiger partial charge in [-0.25, -0.2) is 4.98 Å². The Morgan fingerprint density at radius 3 is 2.58 bits per heavy atom. The molecule has 26 heavy (non-hydrogen) atoms. The summed E-state index contributed by atoms with van der Waals surface area (Å²) >= 11 is 3.30. The summed E-state index contributed by atoms with van der Waals surface area (Å²) in [6.45, 7) is 3.70. The number of hydrogen-bond donors (Lipinski definition) is 2. The van der Waals surface area contributed by atoms with Crippen LogP contribution in [0.3, 0.4) is 0 Å². The van der Waals surface area contributed by atoms with Crippen LogP contribution in [0.5, 0.6) is 5.75 Å². The summed E-state index contributed by atoms with van der Waals surface area (Å²) in [7, 11) is 1.51. The van der Waals surface area contributed by atoms with Crippen molar-refractivity contribution in [3.8, 4) is 5.75 Å². The van der Waals surface area contributed by atoms with Crippen molar-refractivity contribution in [3.05, 3.63) is 58.2 Å². The number of benzene rings is 1. The number of allylic oxidation sites excluding steroid dienone is 1. The number of rotatable bonds is 6. The predicted octanol–water partition coefficient (Wildman–Crippen LogP) is 4.40. The quantitative estimate of drug-likeness (QED) is 0.682. The molecular weight excluding hydrogens is 398 g/mol. The summed E-state index contributed by atoms with van der Waals surface area (Å²) < 4.78 is 6.00. The molecule has 136 valence electrons. The molecule has 0 atom stereocenters. The van der Waals surface area contributed by atoms with E-state index >= 15 is 0 Å². The van der Waals surface area contributed by atoms with Crippen LogP contribution in [0.2, 0.25) is 0 Å². The molecule has 0 aliphatic carbocycles. The molecule has 0 fully saturated rings. The molecule has 0 saturated carbocycles. The number of anilines is 2. The zero-order valence-corrected chi connectivity index (χ0v) is 16.4. The van der Waals surface area contributed by atoms with E-state index in [4.69, 9.17) is 4.74 Å². The molecule has 0 aliphatic heterocycles. The van der Waals surface area contributed by atoms with Gasteiger partial charge in [-0.15, -0.1) is 0 Å². The molecule has 1 heterocycles. The topological polar surface area (TPSA) is 80.3 Å². The minimum absolute atomic E-state index is 0.240. The van der Waals surface area contributed by atoms with Crippen LogP contribution in [-0.2, 0) is 4.79 Å². The van der Waals surface area contributed by atoms with Gasteiger partial charge in [0.25, 0.3) is 11.8 Å². The second-order valence-corrected chi connectivity index (χ2v) is 6.26. The van der Waals surface area contributed by atoms with Crippen LogP contribution in [0.25, 0.3) is 0 Å². The highest BCUT2D eigenvalue weighted by molar-refractivity contribution is 9.10. The van der Waals surface area contributed by atoms with Crippen LogP contribution in [0.1, 0.15) is 30.6 Å². The molecule has 2 amide bonds. The van der Waals surface area contributed by atoms with Crippen molar-refractivity contribution in [1.29, 1.82) is 0 Å². The van der Waals surface area contributed by atoms with E-state index in [1.165, 1.54) is 7.11 Å². The van der Waals surface area contributed by atoms with Gasteiger partial charge in [-0.2, -0.15) is 0 Å². The fourth-order valence-corrected chi connectivity index (χ4v) is 2.51. The van der Waals surface area contributed by atoms with E-state index in [1.807, 2.05) is 6.92 Å². The van der Waals surface area contributed by atoms with Gasteiger partial charge in [-0.3, -0.25) is 9.59 Å². The van der Waals surface area contributed by atoms with Gasteiger partial charge in [-0.05, 0) is 59.6 Å². The molecule has 2 N–H and O–H groups in total. The highest BCUT2D eigenvalue weighted by Gasteiger charge is 2.17. The van der Waals surface area contributed by atoms with Gasteiger partial charge in [0.1, 0.15) is 11.6 Å². The number of aromatic nitrogens is 1. The van der Waals surface area contributed by atoms with Crippen molar-refractivity contribution in [2.45, 2.75) is 20.3 Å². The van der Waals surface area contributed by atoms with Crippen LogP contribution in [0, 0.1) is 0 Å². The number of pyridine rings is 1. The summed E-state index contributed by atoms with van der Waals surface area (Å²) in [4.78, 5) is 29.2. The first-order chi connectivity index (χ1) is 12.5. The van der Waals surface area contributed by atoms with Crippen LogP contribution in [0.4, 0.5) is 11.5 Å². The van der Waals surface area contributed by atoms with Gasteiger partial charge in [-0.1, -0.05) is 13.0 Å². The van der Waals surface area contributed by atoms with Gasteiger partial charge >= 0.3 is 0 Å². The van der Waals surface area contributed by atoms with Gasteiger partial charge in [0.2, 0.25) is 0 Å². The third-order valence-corrected chi connectivity index (χ3v) is 4.18. The van der Waals surface area contributed by atoms with E-state index in [1.54, 1.807) is 49.5 Å². The predicted molar refractivity (Wildman–Crippen MR) is 106 cm³/mol. The van der Waals surface area contributed by atoms with Crippen molar-refractivity contribution in [3.63, 3.8) is 0 Å². The lowest BCUT2D eigenvalue weighted by atomic mass is 10.1. The van der Waals surface area contributed by atoms with Crippen LogP contribution in [-0.4, -0.2) is 23.9 Å². The average molecular weight is 418 g/mol. The summed E-state index contributed by atoms with van der Waals surface area (Å²) in [6, 6.07) is 8.35. The van der Waals surface area contributed by atoms with Crippen molar-refractivity contribution in [2.75, 3.05) is 17.7 Å². The number of nitrogens with zero attached hydrogens (tertiary/aromatic N) is 1. The lowest BCUT2D eigenvalue weighted by molar-refractivity contribution is -0.113. The van der Waals surface area contributed by atoms with Gasteiger partial charge in [0.15, 0.2) is 0 Å². The molecule has 1 aromatic heterocycles. The molecule has 2 rings (SSSR count). The van der Waals surface area contributed by atoms with E-state index in [-0.39, 0.29) is 11.5 Å². The fraction of sp³-hybridized carbons (Fsp3) is 0.211. The summed E-state index contributed by atoms with van der Waals surface area (Å²) in [5.41, 5.74) is 1.33. The largest absolute Gasteiger partial charge is 0.497 e. The first-order valence-electron chi connectivity index (χ1n) is 8.06. The molecule has 0 bridgehead atoms. The number of methoxy groups -OCH3 is 1. The Balaban J connectivity index is 2.31. The van der Waals surface area contributed by atoms with Gasteiger partial charge in [0.05, 0.1) is 18.4 Å². The van der Waals surface area contributed by atoms with E-state index in [0.717, 1.165) is 4.47 Å². The Kier molecular flexibility index (Phi) is 6.91. The lowest BCUT2D eigenvalue weighted by Gasteiger charge is -2.13. The molecule has 0 spiro atoms. The Labute approximate surface area is 160 Å². The molecular formula is C19H20BrN3O3. The monoisotopic (exact) mass is 417 g/mol. The zero-order valence-electron chi connectivity index (χ0n) is 14.8. The van der Waals surface area contributed by atoms with Crippen molar-refractivity contribution < 1.29 is 14.3 Å². The Bertz CT molecular complexity index is 832. The number of amides is 2. The second-order valence-electron chi connectivity index (χ2n) is 5.35. The standard InChI is InChI=1S/C19H20BrN3O3/c1-4-12(5-2)18(24)22-16-8-7-14(26-3)10-15(16)19(25)23-17-9-6-13(20)11-21-17/h4,6-11H,5H2,1-3H3,(H,22,24)(H,21,23,25)/b12-4+. The number of hydrogen-bond acceptors (Lipinski definition) is 4. The molecule has 0 unspecified atom stereocenters. The number of carbonyl (C=O) groups excluding carboxylic acids is 2. The highest BCUT2D eigenvalue weighted by atomic mass is 79.9. The fourth-order valence-electron chi connectivity index (χ4n) is 2.28. The smallest absolute Gasteiger partial charge is 0.259 e. The van der Waals surface area contributed by atoms with Crippen molar-refractivity contribution >= 4 is 39.2 Å². The summed E-state index contributed by atoms with van der Waals surface area (Å²) in [5.74, 6) is 0.281. The maximum Gasteiger partial charge on any atom is 0.259 e. The lowest BCUT2D eigenvalue weighted by Crippen LogP contribution is -2.19. The number of ether oxygens (including phenoxy) is 1. The second kappa shape index (κ2) is 9.15. The Morgan fingerprint density at radius 1 is 1.23 bits per heavy atom. The summed E-state index contributed by atoms with van der Waals surface area (Å²) in [6.07, 6.45) is 3.94. The van der Waals surface area contributed by atoms with E-state index in [2.05, 4.69) is 31.5 Å². The van der Waals surface area contributed by atoms with E-state index in [0.29, 0.717) is 29.2 Å². The SMILES string of the molecule is C/C=C(\CC)C(=O)Nc1ccc(OC)cc1C(=O)Nc1ccc(Br)cn1. The minimum Gasteiger partial charge on any atom is -0.497 e. The normalized spacial score (nSPS) is 11.0. The third-order valence-electron chi connectivity index (χ3n) is 3.71. The highest BCUT2D eigenvalue weighted by Crippen LogP contribution is 2.24. The van der Waals surface area contributed by atoms with Crippen LogP contribution >= 0.6 is 15.9 Å². The first kappa shape index (κ1) is 19.7. The third kappa shape index (κ3) is 4.92. The number of carbonyl (C=O) groups is 2. The molecule has 0 saturated heterocycles. The Hall–Kier alpha value is -2.67. The van der Waals surface area contributed by atoms with Crippen molar-refractivity contribution in [2.24, 2.45) is 0 Å². The number of nitrogens with one attached hydrogen (secondary N) is 2.